The second-order valence-corrected chi connectivity index (χ2v) is 3.69. The lowest BCUT2D eigenvalue weighted by Crippen LogP contribution is -1.85. The Hall–Kier alpha value is -1.61. The second-order valence-electron chi connectivity index (χ2n) is 3.29. The van der Waals surface area contributed by atoms with E-state index in [1.807, 2.05) is 10.6 Å². The van der Waals surface area contributed by atoms with E-state index in [1.54, 1.807) is 30.5 Å². The lowest BCUT2D eigenvalue weighted by Gasteiger charge is -1.97. The summed E-state index contributed by atoms with van der Waals surface area (Å²) < 4.78 is 15.5. The second kappa shape index (κ2) is 2.94. The Balaban J connectivity index is 2.60. The molecule has 2 aromatic heterocycles. The normalized spacial score (nSPS) is 11.3. The summed E-state index contributed by atoms with van der Waals surface area (Å²) in [7, 11) is 0. The molecule has 74 valence electrons. The summed E-state index contributed by atoms with van der Waals surface area (Å²) in [6.45, 7) is 0. The van der Waals surface area contributed by atoms with Crippen LogP contribution in [0.5, 0.6) is 0 Å². The minimum Gasteiger partial charge on any atom is -0.301 e. The average molecular weight is 221 g/mol. The molecule has 0 N–H and O–H groups in total. The third kappa shape index (κ3) is 1.13. The van der Waals surface area contributed by atoms with Crippen LogP contribution >= 0.6 is 11.6 Å². The molecular weight excluding hydrogens is 215 g/mol. The zero-order chi connectivity index (χ0) is 10.4. The monoisotopic (exact) mass is 220 g/mol. The zero-order valence-electron chi connectivity index (χ0n) is 7.61. The molecule has 2 nitrogen and oxygen atoms in total. The number of hydrogen-bond donors (Lipinski definition) is 0. The molecule has 4 heteroatoms. The Morgan fingerprint density at radius 1 is 1.33 bits per heavy atom. The molecule has 0 aliphatic carbocycles. The molecule has 2 heterocycles. The van der Waals surface area contributed by atoms with Crippen LogP contribution in [-0.4, -0.2) is 9.38 Å². The van der Waals surface area contributed by atoms with Crippen LogP contribution in [0.2, 0.25) is 5.02 Å². The van der Waals surface area contributed by atoms with E-state index in [1.165, 1.54) is 0 Å². The minimum absolute atomic E-state index is 0.137. The van der Waals surface area contributed by atoms with E-state index >= 15 is 0 Å². The van der Waals surface area contributed by atoms with Gasteiger partial charge in [0.2, 0.25) is 0 Å². The fourth-order valence-corrected chi connectivity index (χ4v) is 1.89. The van der Waals surface area contributed by atoms with Crippen molar-refractivity contribution in [2.45, 2.75) is 0 Å². The van der Waals surface area contributed by atoms with Gasteiger partial charge < -0.3 is 4.40 Å². The van der Waals surface area contributed by atoms with Gasteiger partial charge in [-0.05, 0) is 24.3 Å². The molecule has 0 aliphatic heterocycles. The maximum atomic E-state index is 13.7. The van der Waals surface area contributed by atoms with E-state index < -0.39 is 0 Å². The number of benzene rings is 1. The van der Waals surface area contributed by atoms with Crippen LogP contribution in [0.1, 0.15) is 0 Å². The fourth-order valence-electron chi connectivity index (χ4n) is 1.73. The molecule has 0 saturated heterocycles. The van der Waals surface area contributed by atoms with Crippen molar-refractivity contribution >= 4 is 28.2 Å². The van der Waals surface area contributed by atoms with E-state index in [9.17, 15) is 4.39 Å². The summed E-state index contributed by atoms with van der Waals surface area (Å²) in [5.74, 6) is -0.389. The average Bonchev–Trinajstić information content (AvgIpc) is 2.63. The Morgan fingerprint density at radius 3 is 3.07 bits per heavy atom. The van der Waals surface area contributed by atoms with Crippen molar-refractivity contribution in [3.05, 3.63) is 47.5 Å². The van der Waals surface area contributed by atoms with Crippen molar-refractivity contribution in [3.8, 4) is 0 Å². The van der Waals surface area contributed by atoms with E-state index in [4.69, 9.17) is 11.6 Å². The Bertz CT molecular complexity index is 660. The van der Waals surface area contributed by atoms with Crippen LogP contribution in [0, 0.1) is 5.82 Å². The zero-order valence-corrected chi connectivity index (χ0v) is 8.37. The van der Waals surface area contributed by atoms with Gasteiger partial charge in [-0.15, -0.1) is 0 Å². The third-order valence-electron chi connectivity index (χ3n) is 2.42. The molecule has 3 aromatic rings. The molecule has 1 aromatic carbocycles. The lowest BCUT2D eigenvalue weighted by atomic mass is 10.2. The van der Waals surface area contributed by atoms with Crippen molar-refractivity contribution in [2.24, 2.45) is 0 Å². The van der Waals surface area contributed by atoms with Crippen LogP contribution in [0.15, 0.2) is 36.7 Å². The maximum Gasteiger partial charge on any atom is 0.151 e. The molecule has 0 aliphatic rings. The standard InChI is InChI=1S/C11H6ClFN2/c12-8-2-3-9-7(11(8)13)6-10-14-4-1-5-15(9)10/h1-6H. The van der Waals surface area contributed by atoms with Crippen LogP contribution in [0.4, 0.5) is 4.39 Å². The highest BCUT2D eigenvalue weighted by Gasteiger charge is 2.09. The van der Waals surface area contributed by atoms with Crippen LogP contribution in [-0.2, 0) is 0 Å². The predicted molar refractivity (Wildman–Crippen MR) is 57.7 cm³/mol. The summed E-state index contributed by atoms with van der Waals surface area (Å²) >= 11 is 5.71. The highest BCUT2D eigenvalue weighted by atomic mass is 35.5. The molecule has 15 heavy (non-hydrogen) atoms. The molecule has 0 unspecified atom stereocenters. The van der Waals surface area contributed by atoms with Gasteiger partial charge in [0.05, 0.1) is 10.5 Å². The van der Waals surface area contributed by atoms with Gasteiger partial charge in [0, 0.05) is 17.8 Å². The van der Waals surface area contributed by atoms with Gasteiger partial charge in [0.25, 0.3) is 0 Å². The van der Waals surface area contributed by atoms with Gasteiger partial charge in [-0.25, -0.2) is 9.37 Å². The topological polar surface area (TPSA) is 17.3 Å². The summed E-state index contributed by atoms with van der Waals surface area (Å²) in [6.07, 6.45) is 3.52. The molecule has 0 radical (unpaired) electrons. The van der Waals surface area contributed by atoms with Crippen molar-refractivity contribution in [1.29, 1.82) is 0 Å². The molecule has 0 saturated carbocycles. The van der Waals surface area contributed by atoms with Crippen LogP contribution in [0.25, 0.3) is 16.6 Å². The Kier molecular flexibility index (Phi) is 1.70. The van der Waals surface area contributed by atoms with Gasteiger partial charge in [0.1, 0.15) is 5.65 Å². The van der Waals surface area contributed by atoms with E-state index in [0.29, 0.717) is 11.0 Å². The molecule has 0 amide bonds. The van der Waals surface area contributed by atoms with Gasteiger partial charge in [-0.3, -0.25) is 0 Å². The molecule has 0 bridgehead atoms. The van der Waals surface area contributed by atoms with E-state index in [2.05, 4.69) is 4.98 Å². The highest BCUT2D eigenvalue weighted by Crippen LogP contribution is 2.26. The SMILES string of the molecule is Fc1c(Cl)ccc2c1cc1ncccn12. The van der Waals surface area contributed by atoms with Gasteiger partial charge in [0.15, 0.2) is 5.82 Å². The Labute approximate surface area is 89.9 Å². The highest BCUT2D eigenvalue weighted by molar-refractivity contribution is 6.31. The molecular formula is C11H6ClFN2. The smallest absolute Gasteiger partial charge is 0.151 e. The van der Waals surface area contributed by atoms with Crippen molar-refractivity contribution in [1.82, 2.24) is 9.38 Å². The Morgan fingerprint density at radius 2 is 2.20 bits per heavy atom. The fraction of sp³-hybridized carbons (Fsp3) is 0. The summed E-state index contributed by atoms with van der Waals surface area (Å²) in [4.78, 5) is 4.14. The quantitative estimate of drug-likeness (QED) is 0.568. The summed E-state index contributed by atoms with van der Waals surface area (Å²) in [5.41, 5.74) is 1.49. The number of hydrogen-bond acceptors (Lipinski definition) is 1. The van der Waals surface area contributed by atoms with Gasteiger partial charge >= 0.3 is 0 Å². The number of nitrogens with zero attached hydrogens (tertiary/aromatic N) is 2. The van der Waals surface area contributed by atoms with E-state index in [-0.39, 0.29) is 10.8 Å². The number of halogens is 2. The number of aromatic nitrogens is 2. The van der Waals surface area contributed by atoms with Crippen LogP contribution in [0.3, 0.4) is 0 Å². The first kappa shape index (κ1) is 8.68. The van der Waals surface area contributed by atoms with Crippen molar-refractivity contribution in [2.75, 3.05) is 0 Å². The number of fused-ring (bicyclic) bond motifs is 3. The van der Waals surface area contributed by atoms with Crippen molar-refractivity contribution < 1.29 is 4.39 Å². The largest absolute Gasteiger partial charge is 0.301 e. The maximum absolute atomic E-state index is 13.7. The molecule has 3 rings (SSSR count). The molecule has 0 fully saturated rings. The van der Waals surface area contributed by atoms with Gasteiger partial charge in [-0.1, -0.05) is 11.6 Å². The minimum atomic E-state index is -0.389. The van der Waals surface area contributed by atoms with Crippen LogP contribution < -0.4 is 0 Å². The summed E-state index contributed by atoms with van der Waals surface area (Å²) in [5, 5.41) is 0.639. The van der Waals surface area contributed by atoms with E-state index in [0.717, 1.165) is 5.52 Å². The first-order chi connectivity index (χ1) is 7.27. The third-order valence-corrected chi connectivity index (χ3v) is 2.71. The lowest BCUT2D eigenvalue weighted by molar-refractivity contribution is 0.640. The molecule has 0 spiro atoms. The number of rotatable bonds is 0. The molecule has 0 atom stereocenters. The first-order valence-corrected chi connectivity index (χ1v) is 4.85. The first-order valence-electron chi connectivity index (χ1n) is 4.47. The predicted octanol–water partition coefficient (Wildman–Crippen LogP) is 3.28. The van der Waals surface area contributed by atoms with Crippen molar-refractivity contribution in [3.63, 3.8) is 0 Å². The van der Waals surface area contributed by atoms with Gasteiger partial charge in [-0.2, -0.15) is 0 Å². The summed E-state index contributed by atoms with van der Waals surface area (Å²) in [6, 6.07) is 6.84.